The van der Waals surface area contributed by atoms with Crippen molar-refractivity contribution in [1.29, 1.82) is 0 Å². The SMILES string of the molecule is Cc1ccc(C(=O)N(C)[C@H](C)c2nc3ccccc3s2)cc1. The molecule has 3 aromatic rings. The Morgan fingerprint density at radius 1 is 1.14 bits per heavy atom. The van der Waals surface area contributed by atoms with Crippen molar-refractivity contribution in [3.8, 4) is 0 Å². The molecule has 22 heavy (non-hydrogen) atoms. The second kappa shape index (κ2) is 5.89. The molecule has 0 aliphatic carbocycles. The fourth-order valence-corrected chi connectivity index (χ4v) is 3.37. The summed E-state index contributed by atoms with van der Waals surface area (Å²) in [5, 5.41) is 0.962. The van der Waals surface area contributed by atoms with Gasteiger partial charge in [0.1, 0.15) is 5.01 Å². The zero-order valence-electron chi connectivity index (χ0n) is 12.9. The number of benzene rings is 2. The van der Waals surface area contributed by atoms with Crippen LogP contribution in [0.2, 0.25) is 0 Å². The number of carbonyl (C=O) groups excluding carboxylic acids is 1. The van der Waals surface area contributed by atoms with E-state index in [2.05, 4.69) is 11.1 Å². The average molecular weight is 310 g/mol. The van der Waals surface area contributed by atoms with Gasteiger partial charge in [-0.1, -0.05) is 29.8 Å². The first-order chi connectivity index (χ1) is 10.6. The highest BCUT2D eigenvalue weighted by Gasteiger charge is 2.21. The van der Waals surface area contributed by atoms with Crippen molar-refractivity contribution in [3.63, 3.8) is 0 Å². The van der Waals surface area contributed by atoms with E-state index in [0.717, 1.165) is 20.8 Å². The van der Waals surface area contributed by atoms with Crippen LogP contribution in [0.4, 0.5) is 0 Å². The molecular formula is C18H18N2OS. The number of thiazole rings is 1. The maximum absolute atomic E-state index is 12.6. The Bertz CT molecular complexity index is 774. The van der Waals surface area contributed by atoms with E-state index in [1.807, 2.05) is 63.4 Å². The molecule has 1 atom stereocenters. The lowest BCUT2D eigenvalue weighted by atomic mass is 10.1. The Morgan fingerprint density at radius 3 is 2.50 bits per heavy atom. The summed E-state index contributed by atoms with van der Waals surface area (Å²) >= 11 is 1.64. The minimum absolute atomic E-state index is 0.0201. The molecular weight excluding hydrogens is 292 g/mol. The molecule has 112 valence electrons. The van der Waals surface area contributed by atoms with Crippen LogP contribution in [0.1, 0.15) is 33.9 Å². The van der Waals surface area contributed by atoms with Gasteiger partial charge in [-0.2, -0.15) is 0 Å². The van der Waals surface area contributed by atoms with Gasteiger partial charge >= 0.3 is 0 Å². The van der Waals surface area contributed by atoms with Crippen LogP contribution < -0.4 is 0 Å². The molecule has 0 bridgehead atoms. The summed E-state index contributed by atoms with van der Waals surface area (Å²) in [6.45, 7) is 4.03. The summed E-state index contributed by atoms with van der Waals surface area (Å²) in [5.74, 6) is 0.0201. The Hall–Kier alpha value is -2.20. The van der Waals surface area contributed by atoms with Gasteiger partial charge < -0.3 is 4.90 Å². The summed E-state index contributed by atoms with van der Waals surface area (Å²) < 4.78 is 1.15. The number of aryl methyl sites for hydroxylation is 1. The minimum atomic E-state index is -0.0498. The van der Waals surface area contributed by atoms with E-state index < -0.39 is 0 Å². The molecule has 1 heterocycles. The van der Waals surface area contributed by atoms with Crippen molar-refractivity contribution < 1.29 is 4.79 Å². The number of rotatable bonds is 3. The summed E-state index contributed by atoms with van der Waals surface area (Å²) in [4.78, 5) is 19.0. The van der Waals surface area contributed by atoms with Crippen LogP contribution in [0.25, 0.3) is 10.2 Å². The van der Waals surface area contributed by atoms with E-state index in [9.17, 15) is 4.79 Å². The van der Waals surface area contributed by atoms with Crippen LogP contribution >= 0.6 is 11.3 Å². The molecule has 0 saturated heterocycles. The van der Waals surface area contributed by atoms with E-state index in [1.165, 1.54) is 0 Å². The van der Waals surface area contributed by atoms with E-state index in [-0.39, 0.29) is 11.9 Å². The van der Waals surface area contributed by atoms with Crippen molar-refractivity contribution in [2.24, 2.45) is 0 Å². The van der Waals surface area contributed by atoms with Crippen molar-refractivity contribution in [3.05, 3.63) is 64.7 Å². The van der Waals surface area contributed by atoms with Gasteiger partial charge in [-0.05, 0) is 38.1 Å². The molecule has 2 aromatic carbocycles. The molecule has 1 aromatic heterocycles. The topological polar surface area (TPSA) is 33.2 Å². The molecule has 3 nitrogen and oxygen atoms in total. The van der Waals surface area contributed by atoms with Gasteiger partial charge in [0, 0.05) is 12.6 Å². The van der Waals surface area contributed by atoms with Crippen molar-refractivity contribution >= 4 is 27.5 Å². The molecule has 3 rings (SSSR count). The van der Waals surface area contributed by atoms with E-state index >= 15 is 0 Å². The van der Waals surface area contributed by atoms with Crippen LogP contribution in [0.5, 0.6) is 0 Å². The zero-order valence-corrected chi connectivity index (χ0v) is 13.7. The van der Waals surface area contributed by atoms with Crippen LogP contribution in [-0.2, 0) is 0 Å². The van der Waals surface area contributed by atoms with Gasteiger partial charge in [0.15, 0.2) is 0 Å². The second-order valence-electron chi connectivity index (χ2n) is 5.48. The average Bonchev–Trinajstić information content (AvgIpc) is 2.97. The smallest absolute Gasteiger partial charge is 0.254 e. The van der Waals surface area contributed by atoms with Gasteiger partial charge in [-0.25, -0.2) is 4.98 Å². The first-order valence-electron chi connectivity index (χ1n) is 7.25. The van der Waals surface area contributed by atoms with Gasteiger partial charge in [0.05, 0.1) is 16.3 Å². The predicted molar refractivity (Wildman–Crippen MR) is 91.3 cm³/mol. The molecule has 0 N–H and O–H groups in total. The Labute approximate surface area is 134 Å². The maximum atomic E-state index is 12.6. The van der Waals surface area contributed by atoms with Crippen molar-refractivity contribution in [2.75, 3.05) is 7.05 Å². The predicted octanol–water partition coefficient (Wildman–Crippen LogP) is 4.44. The molecule has 4 heteroatoms. The Kier molecular flexibility index (Phi) is 3.94. The second-order valence-corrected chi connectivity index (χ2v) is 6.54. The van der Waals surface area contributed by atoms with Gasteiger partial charge in [-0.3, -0.25) is 4.79 Å². The van der Waals surface area contributed by atoms with E-state index in [1.54, 1.807) is 16.2 Å². The fraction of sp³-hybridized carbons (Fsp3) is 0.222. The summed E-state index contributed by atoms with van der Waals surface area (Å²) in [7, 11) is 1.83. The lowest BCUT2D eigenvalue weighted by Gasteiger charge is -2.23. The molecule has 0 saturated carbocycles. The lowest BCUT2D eigenvalue weighted by molar-refractivity contribution is 0.0742. The number of amides is 1. The molecule has 0 aliphatic heterocycles. The van der Waals surface area contributed by atoms with Crippen LogP contribution in [-0.4, -0.2) is 22.8 Å². The fourth-order valence-electron chi connectivity index (χ4n) is 2.31. The first kappa shape index (κ1) is 14.7. The standard InChI is InChI=1S/C18H18N2OS/c1-12-8-10-14(11-9-12)18(21)20(3)13(2)17-19-15-6-4-5-7-16(15)22-17/h4-11,13H,1-3H3/t13-/m1/s1. The zero-order chi connectivity index (χ0) is 15.7. The third-order valence-electron chi connectivity index (χ3n) is 3.87. The van der Waals surface area contributed by atoms with Crippen LogP contribution in [0, 0.1) is 6.92 Å². The van der Waals surface area contributed by atoms with Crippen LogP contribution in [0.15, 0.2) is 48.5 Å². The van der Waals surface area contributed by atoms with Gasteiger partial charge in [-0.15, -0.1) is 11.3 Å². The minimum Gasteiger partial charge on any atom is -0.333 e. The summed E-state index contributed by atoms with van der Waals surface area (Å²) in [6, 6.07) is 15.7. The number of nitrogens with zero attached hydrogens (tertiary/aromatic N) is 2. The summed E-state index contributed by atoms with van der Waals surface area (Å²) in [6.07, 6.45) is 0. The third kappa shape index (κ3) is 2.74. The Morgan fingerprint density at radius 2 is 1.82 bits per heavy atom. The number of para-hydroxylation sites is 1. The maximum Gasteiger partial charge on any atom is 0.254 e. The quantitative estimate of drug-likeness (QED) is 0.716. The monoisotopic (exact) mass is 310 g/mol. The molecule has 1 amide bonds. The van der Waals surface area contributed by atoms with Crippen molar-refractivity contribution in [2.45, 2.75) is 19.9 Å². The number of aromatic nitrogens is 1. The highest BCUT2D eigenvalue weighted by molar-refractivity contribution is 7.18. The van der Waals surface area contributed by atoms with Crippen LogP contribution in [0.3, 0.4) is 0 Å². The van der Waals surface area contributed by atoms with E-state index in [4.69, 9.17) is 0 Å². The largest absolute Gasteiger partial charge is 0.333 e. The molecule has 0 fully saturated rings. The third-order valence-corrected chi connectivity index (χ3v) is 5.07. The molecule has 0 spiro atoms. The molecule has 0 aliphatic rings. The highest BCUT2D eigenvalue weighted by atomic mass is 32.1. The first-order valence-corrected chi connectivity index (χ1v) is 8.07. The highest BCUT2D eigenvalue weighted by Crippen LogP contribution is 2.29. The number of hydrogen-bond donors (Lipinski definition) is 0. The molecule has 0 radical (unpaired) electrons. The molecule has 0 unspecified atom stereocenters. The Balaban J connectivity index is 1.85. The summed E-state index contributed by atoms with van der Waals surface area (Å²) in [5.41, 5.74) is 2.85. The van der Waals surface area contributed by atoms with Crippen molar-refractivity contribution in [1.82, 2.24) is 9.88 Å². The van der Waals surface area contributed by atoms with E-state index in [0.29, 0.717) is 5.56 Å². The number of hydrogen-bond acceptors (Lipinski definition) is 3. The van der Waals surface area contributed by atoms with Gasteiger partial charge in [0.2, 0.25) is 0 Å². The lowest BCUT2D eigenvalue weighted by Crippen LogP contribution is -2.29. The van der Waals surface area contributed by atoms with Gasteiger partial charge in [0.25, 0.3) is 5.91 Å². The number of carbonyl (C=O) groups is 1. The number of fused-ring (bicyclic) bond motifs is 1. The normalized spacial score (nSPS) is 12.3.